The van der Waals surface area contributed by atoms with E-state index in [4.69, 9.17) is 4.74 Å². The highest BCUT2D eigenvalue weighted by Gasteiger charge is 2.48. The molecule has 0 unspecified atom stereocenters. The minimum Gasteiger partial charge on any atom is -0.494 e. The molecule has 0 aromatic heterocycles. The minimum absolute atomic E-state index is 0.163. The number of aryl methyl sites for hydroxylation is 1. The van der Waals surface area contributed by atoms with Crippen LogP contribution in [0, 0.1) is 18.8 Å². The SMILES string of the molecule is Cc1cccc(OCCCNC(=O)CN2C(=O)[C@H]3CCCC[C@H]3C2=O)c1. The summed E-state index contributed by atoms with van der Waals surface area (Å²) in [5.41, 5.74) is 1.14. The lowest BCUT2D eigenvalue weighted by atomic mass is 9.81. The Morgan fingerprint density at radius 2 is 1.88 bits per heavy atom. The molecule has 26 heavy (non-hydrogen) atoms. The van der Waals surface area contributed by atoms with Crippen molar-refractivity contribution in [1.82, 2.24) is 10.2 Å². The Kier molecular flexibility index (Phi) is 5.91. The lowest BCUT2D eigenvalue weighted by molar-refractivity contribution is -0.143. The van der Waals surface area contributed by atoms with E-state index in [1.807, 2.05) is 31.2 Å². The molecule has 0 bridgehead atoms. The van der Waals surface area contributed by atoms with Gasteiger partial charge in [0.15, 0.2) is 0 Å². The Bertz CT molecular complexity index is 664. The van der Waals surface area contributed by atoms with Gasteiger partial charge in [0.1, 0.15) is 12.3 Å². The van der Waals surface area contributed by atoms with Gasteiger partial charge in [-0.25, -0.2) is 0 Å². The lowest BCUT2D eigenvalue weighted by Gasteiger charge is -2.19. The number of nitrogens with zero attached hydrogens (tertiary/aromatic N) is 1. The van der Waals surface area contributed by atoms with Crippen LogP contribution in [0.3, 0.4) is 0 Å². The Morgan fingerprint density at radius 3 is 2.54 bits per heavy atom. The fraction of sp³-hybridized carbons (Fsp3) is 0.550. The summed E-state index contributed by atoms with van der Waals surface area (Å²) in [7, 11) is 0. The molecule has 0 spiro atoms. The van der Waals surface area contributed by atoms with E-state index in [9.17, 15) is 14.4 Å². The van der Waals surface area contributed by atoms with E-state index in [2.05, 4.69) is 5.32 Å². The maximum Gasteiger partial charge on any atom is 0.240 e. The Morgan fingerprint density at radius 1 is 1.19 bits per heavy atom. The van der Waals surface area contributed by atoms with Crippen molar-refractivity contribution < 1.29 is 19.1 Å². The van der Waals surface area contributed by atoms with E-state index < -0.39 is 0 Å². The molecule has 140 valence electrons. The van der Waals surface area contributed by atoms with Gasteiger partial charge in [0.25, 0.3) is 0 Å². The number of fused-ring (bicyclic) bond motifs is 1. The van der Waals surface area contributed by atoms with Crippen LogP contribution in [0.5, 0.6) is 5.75 Å². The molecule has 3 amide bonds. The summed E-state index contributed by atoms with van der Waals surface area (Å²) >= 11 is 0. The molecule has 2 aliphatic rings. The molecule has 1 aromatic carbocycles. The van der Waals surface area contributed by atoms with Crippen LogP contribution in [0.25, 0.3) is 0 Å². The first-order valence-electron chi connectivity index (χ1n) is 9.37. The number of imide groups is 1. The largest absolute Gasteiger partial charge is 0.494 e. The van der Waals surface area contributed by atoms with Crippen LogP contribution in [-0.4, -0.2) is 42.3 Å². The lowest BCUT2D eigenvalue weighted by Crippen LogP contribution is -2.41. The van der Waals surface area contributed by atoms with E-state index in [1.54, 1.807) is 0 Å². The van der Waals surface area contributed by atoms with Gasteiger partial charge in [-0.3, -0.25) is 19.3 Å². The quantitative estimate of drug-likeness (QED) is 0.598. The molecule has 1 saturated carbocycles. The molecular weight excluding hydrogens is 332 g/mol. The molecule has 6 nitrogen and oxygen atoms in total. The molecule has 1 aromatic rings. The molecule has 0 radical (unpaired) electrons. The molecule has 1 saturated heterocycles. The number of ether oxygens (including phenoxy) is 1. The zero-order valence-corrected chi connectivity index (χ0v) is 15.2. The standard InChI is InChI=1S/C20H26N2O4/c1-14-6-4-7-15(12-14)26-11-5-10-21-18(23)13-22-19(24)16-8-2-3-9-17(16)20(22)25/h4,6-7,12,16-17H,2-3,5,8-11,13H2,1H3,(H,21,23)/t16-,17+. The fourth-order valence-corrected chi connectivity index (χ4v) is 3.78. The predicted octanol–water partition coefficient (Wildman–Crippen LogP) is 2.06. The number of rotatable bonds is 7. The van der Waals surface area contributed by atoms with Crippen molar-refractivity contribution in [3.05, 3.63) is 29.8 Å². The van der Waals surface area contributed by atoms with Crippen molar-refractivity contribution in [1.29, 1.82) is 0 Å². The van der Waals surface area contributed by atoms with Gasteiger partial charge in [0.2, 0.25) is 17.7 Å². The van der Waals surface area contributed by atoms with Crippen molar-refractivity contribution in [3.8, 4) is 5.75 Å². The number of carbonyl (C=O) groups is 3. The molecular formula is C20H26N2O4. The van der Waals surface area contributed by atoms with Gasteiger partial charge < -0.3 is 10.1 Å². The highest BCUT2D eigenvalue weighted by atomic mass is 16.5. The third-order valence-corrected chi connectivity index (χ3v) is 5.14. The van der Waals surface area contributed by atoms with Crippen molar-refractivity contribution in [3.63, 3.8) is 0 Å². The monoisotopic (exact) mass is 358 g/mol. The predicted molar refractivity (Wildman–Crippen MR) is 96.5 cm³/mol. The summed E-state index contributed by atoms with van der Waals surface area (Å²) in [4.78, 5) is 37.9. The first kappa shape index (κ1) is 18.4. The van der Waals surface area contributed by atoms with Gasteiger partial charge in [-0.2, -0.15) is 0 Å². The number of hydrogen-bond donors (Lipinski definition) is 1. The summed E-state index contributed by atoms with van der Waals surface area (Å²) in [5, 5.41) is 2.76. The number of amides is 3. The van der Waals surface area contributed by atoms with Crippen LogP contribution in [0.2, 0.25) is 0 Å². The van der Waals surface area contributed by atoms with Crippen molar-refractivity contribution in [2.75, 3.05) is 19.7 Å². The molecule has 3 rings (SSSR count). The van der Waals surface area contributed by atoms with Crippen molar-refractivity contribution in [2.24, 2.45) is 11.8 Å². The van der Waals surface area contributed by atoms with Gasteiger partial charge in [0.05, 0.1) is 18.4 Å². The first-order valence-corrected chi connectivity index (χ1v) is 9.37. The molecule has 1 aliphatic carbocycles. The maximum atomic E-state index is 12.4. The summed E-state index contributed by atoms with van der Waals surface area (Å²) in [5.74, 6) is -0.220. The van der Waals surface area contributed by atoms with Gasteiger partial charge in [-0.15, -0.1) is 0 Å². The zero-order valence-electron chi connectivity index (χ0n) is 15.2. The Hall–Kier alpha value is -2.37. The van der Waals surface area contributed by atoms with Crippen molar-refractivity contribution in [2.45, 2.75) is 39.0 Å². The fourth-order valence-electron chi connectivity index (χ4n) is 3.78. The second-order valence-electron chi connectivity index (χ2n) is 7.13. The second kappa shape index (κ2) is 8.34. The third kappa shape index (κ3) is 4.23. The van der Waals surface area contributed by atoms with Crippen molar-refractivity contribution >= 4 is 17.7 Å². The van der Waals surface area contributed by atoms with Crippen LogP contribution in [0.1, 0.15) is 37.7 Å². The Balaban J connectivity index is 1.37. The first-order chi connectivity index (χ1) is 12.6. The van der Waals surface area contributed by atoms with E-state index in [1.165, 1.54) is 0 Å². The average molecular weight is 358 g/mol. The van der Waals surface area contributed by atoms with E-state index in [-0.39, 0.29) is 36.1 Å². The van der Waals surface area contributed by atoms with E-state index >= 15 is 0 Å². The normalized spacial score (nSPS) is 22.3. The minimum atomic E-state index is -0.291. The van der Waals surface area contributed by atoms with E-state index in [0.29, 0.717) is 19.6 Å². The number of likely N-dealkylation sites (tertiary alicyclic amines) is 1. The highest BCUT2D eigenvalue weighted by Crippen LogP contribution is 2.37. The molecule has 1 heterocycles. The van der Waals surface area contributed by atoms with Gasteiger partial charge in [-0.05, 0) is 43.9 Å². The number of nitrogens with one attached hydrogen (secondary N) is 1. The molecule has 1 N–H and O–H groups in total. The van der Waals surface area contributed by atoms with Crippen LogP contribution < -0.4 is 10.1 Å². The summed E-state index contributed by atoms with van der Waals surface area (Å²) in [6.45, 7) is 2.79. The summed E-state index contributed by atoms with van der Waals surface area (Å²) in [6, 6.07) is 7.80. The van der Waals surface area contributed by atoms with E-state index in [0.717, 1.165) is 41.9 Å². The number of hydrogen-bond acceptors (Lipinski definition) is 4. The molecule has 1 aliphatic heterocycles. The average Bonchev–Trinajstić information content (AvgIpc) is 2.87. The third-order valence-electron chi connectivity index (χ3n) is 5.14. The van der Waals surface area contributed by atoms with Crippen LogP contribution in [-0.2, 0) is 14.4 Å². The second-order valence-corrected chi connectivity index (χ2v) is 7.13. The number of benzene rings is 1. The van der Waals surface area contributed by atoms with Crippen LogP contribution >= 0.6 is 0 Å². The summed E-state index contributed by atoms with van der Waals surface area (Å²) < 4.78 is 5.63. The highest BCUT2D eigenvalue weighted by molar-refractivity contribution is 6.07. The topological polar surface area (TPSA) is 75.7 Å². The van der Waals surface area contributed by atoms with Gasteiger partial charge in [-0.1, -0.05) is 25.0 Å². The smallest absolute Gasteiger partial charge is 0.240 e. The molecule has 2 fully saturated rings. The number of carbonyl (C=O) groups excluding carboxylic acids is 3. The maximum absolute atomic E-state index is 12.4. The summed E-state index contributed by atoms with van der Waals surface area (Å²) in [6.07, 6.45) is 4.17. The van der Waals surface area contributed by atoms with Crippen LogP contribution in [0.4, 0.5) is 0 Å². The Labute approximate surface area is 153 Å². The zero-order chi connectivity index (χ0) is 18.5. The molecule has 2 atom stereocenters. The molecule has 6 heteroatoms. The van der Waals surface area contributed by atoms with Gasteiger partial charge >= 0.3 is 0 Å². The van der Waals surface area contributed by atoms with Gasteiger partial charge in [0, 0.05) is 6.54 Å². The van der Waals surface area contributed by atoms with Crippen LogP contribution in [0.15, 0.2) is 24.3 Å².